The fraction of sp³-hybridized carbons (Fsp3) is 0.143. The topological polar surface area (TPSA) is 90.5 Å². The van der Waals surface area contributed by atoms with Crippen LogP contribution in [-0.2, 0) is 11.3 Å². The molecule has 0 aliphatic heterocycles. The van der Waals surface area contributed by atoms with Gasteiger partial charge in [-0.3, -0.25) is 4.79 Å². The predicted octanol–water partition coefficient (Wildman–Crippen LogP) is 3.08. The molecule has 2 heterocycles. The van der Waals surface area contributed by atoms with Crippen molar-refractivity contribution >= 4 is 17.2 Å². The van der Waals surface area contributed by atoms with Crippen LogP contribution in [0.25, 0.3) is 5.65 Å². The maximum atomic E-state index is 13.4. The molecule has 2 aromatic heterocycles. The number of aromatic nitrogens is 4. The smallest absolute Gasteiger partial charge is 0.351 e. The third kappa shape index (κ3) is 3.90. The second kappa shape index (κ2) is 7.78. The molecule has 9 heteroatoms. The Bertz CT molecular complexity index is 1310. The Hall–Kier alpha value is -4.01. The van der Waals surface area contributed by atoms with Crippen LogP contribution in [0.3, 0.4) is 0 Å². The number of fused-ring (bicyclic) bond motifs is 1. The Morgan fingerprint density at radius 1 is 1.20 bits per heavy atom. The number of hydrogen-bond donors (Lipinski definition) is 1. The van der Waals surface area contributed by atoms with E-state index in [1.165, 1.54) is 35.0 Å². The number of aryl methyl sites for hydroxylation is 2. The SMILES string of the molecule is Cc1ccc(NC(=O)Cn2nc3c(Oc4cccc(F)c4)nccn3c2=O)c(C)c1. The molecule has 1 N–H and O–H groups in total. The summed E-state index contributed by atoms with van der Waals surface area (Å²) in [6.45, 7) is 3.57. The summed E-state index contributed by atoms with van der Waals surface area (Å²) < 4.78 is 21.2. The average molecular weight is 407 g/mol. The van der Waals surface area contributed by atoms with Crippen molar-refractivity contribution in [2.24, 2.45) is 0 Å². The largest absolute Gasteiger partial charge is 0.436 e. The molecule has 0 spiro atoms. The Morgan fingerprint density at radius 3 is 2.80 bits per heavy atom. The van der Waals surface area contributed by atoms with Crippen molar-refractivity contribution in [3.05, 3.63) is 82.3 Å². The van der Waals surface area contributed by atoms with E-state index in [1.807, 2.05) is 32.0 Å². The summed E-state index contributed by atoms with van der Waals surface area (Å²) in [6.07, 6.45) is 2.78. The van der Waals surface area contributed by atoms with Gasteiger partial charge in [0.25, 0.3) is 5.88 Å². The summed E-state index contributed by atoms with van der Waals surface area (Å²) in [5, 5.41) is 6.96. The number of halogens is 1. The van der Waals surface area contributed by atoms with Gasteiger partial charge in [0.1, 0.15) is 18.1 Å². The van der Waals surface area contributed by atoms with Gasteiger partial charge < -0.3 is 10.1 Å². The summed E-state index contributed by atoms with van der Waals surface area (Å²) in [4.78, 5) is 29.2. The first kappa shape index (κ1) is 19.3. The number of anilines is 1. The lowest BCUT2D eigenvalue weighted by Crippen LogP contribution is -2.28. The number of hydrogen-bond acceptors (Lipinski definition) is 5. The van der Waals surface area contributed by atoms with Gasteiger partial charge in [0.2, 0.25) is 11.6 Å². The Kier molecular flexibility index (Phi) is 5.01. The summed E-state index contributed by atoms with van der Waals surface area (Å²) >= 11 is 0. The van der Waals surface area contributed by atoms with Crippen LogP contribution in [0.4, 0.5) is 10.1 Å². The van der Waals surface area contributed by atoms with Crippen LogP contribution in [0, 0.1) is 19.7 Å². The van der Waals surface area contributed by atoms with Crippen molar-refractivity contribution in [1.29, 1.82) is 0 Å². The van der Waals surface area contributed by atoms with Gasteiger partial charge in [-0.25, -0.2) is 23.3 Å². The molecule has 2 aromatic carbocycles. The number of amides is 1. The molecule has 152 valence electrons. The van der Waals surface area contributed by atoms with Crippen LogP contribution in [-0.4, -0.2) is 25.1 Å². The van der Waals surface area contributed by atoms with Crippen LogP contribution in [0.1, 0.15) is 11.1 Å². The molecule has 0 bridgehead atoms. The quantitative estimate of drug-likeness (QED) is 0.549. The van der Waals surface area contributed by atoms with E-state index >= 15 is 0 Å². The minimum atomic E-state index is -0.521. The number of ether oxygens (including phenoxy) is 1. The van der Waals surface area contributed by atoms with E-state index < -0.39 is 17.4 Å². The molecule has 4 rings (SSSR count). The fourth-order valence-electron chi connectivity index (χ4n) is 3.02. The number of nitrogens with zero attached hydrogens (tertiary/aromatic N) is 4. The van der Waals surface area contributed by atoms with E-state index in [0.717, 1.165) is 15.8 Å². The Labute approximate surface area is 170 Å². The molecular weight excluding hydrogens is 389 g/mol. The zero-order valence-electron chi connectivity index (χ0n) is 16.3. The van der Waals surface area contributed by atoms with Gasteiger partial charge in [-0.1, -0.05) is 23.8 Å². The van der Waals surface area contributed by atoms with Gasteiger partial charge in [-0.2, -0.15) is 0 Å². The standard InChI is InChI=1S/C21H18FN5O3/c1-13-6-7-17(14(2)10-13)24-18(28)12-27-21(29)26-9-8-23-20(19(26)25-27)30-16-5-3-4-15(22)11-16/h3-11H,12H2,1-2H3,(H,24,28). The van der Waals surface area contributed by atoms with Crippen LogP contribution < -0.4 is 15.7 Å². The van der Waals surface area contributed by atoms with Crippen molar-refractivity contribution < 1.29 is 13.9 Å². The third-order valence-electron chi connectivity index (χ3n) is 4.43. The molecule has 0 fully saturated rings. The van der Waals surface area contributed by atoms with Gasteiger partial charge in [0.15, 0.2) is 0 Å². The van der Waals surface area contributed by atoms with E-state index in [-0.39, 0.29) is 23.8 Å². The first-order valence-electron chi connectivity index (χ1n) is 9.15. The number of benzene rings is 2. The van der Waals surface area contributed by atoms with Gasteiger partial charge in [-0.05, 0) is 37.6 Å². The zero-order valence-corrected chi connectivity index (χ0v) is 16.3. The second-order valence-corrected chi connectivity index (χ2v) is 6.79. The second-order valence-electron chi connectivity index (χ2n) is 6.79. The molecule has 0 unspecified atom stereocenters. The summed E-state index contributed by atoms with van der Waals surface area (Å²) in [7, 11) is 0. The van der Waals surface area contributed by atoms with Crippen molar-refractivity contribution in [2.75, 3.05) is 5.32 Å². The van der Waals surface area contributed by atoms with Gasteiger partial charge in [0, 0.05) is 24.1 Å². The lowest BCUT2D eigenvalue weighted by Gasteiger charge is -2.08. The highest BCUT2D eigenvalue weighted by Gasteiger charge is 2.16. The molecule has 0 radical (unpaired) electrons. The van der Waals surface area contributed by atoms with Crippen molar-refractivity contribution in [3.63, 3.8) is 0 Å². The van der Waals surface area contributed by atoms with Crippen molar-refractivity contribution in [3.8, 4) is 11.6 Å². The average Bonchev–Trinajstić information content (AvgIpc) is 3.01. The number of rotatable bonds is 5. The zero-order chi connectivity index (χ0) is 21.3. The monoisotopic (exact) mass is 407 g/mol. The lowest BCUT2D eigenvalue weighted by molar-refractivity contribution is -0.117. The molecule has 4 aromatic rings. The molecule has 0 atom stereocenters. The first-order valence-corrected chi connectivity index (χ1v) is 9.15. The maximum Gasteiger partial charge on any atom is 0.351 e. The molecule has 30 heavy (non-hydrogen) atoms. The van der Waals surface area contributed by atoms with Gasteiger partial charge in [-0.15, -0.1) is 5.10 Å². The van der Waals surface area contributed by atoms with E-state index in [9.17, 15) is 14.0 Å². The molecule has 8 nitrogen and oxygen atoms in total. The molecule has 0 saturated carbocycles. The highest BCUT2D eigenvalue weighted by atomic mass is 19.1. The van der Waals surface area contributed by atoms with Crippen molar-refractivity contribution in [1.82, 2.24) is 19.2 Å². The highest BCUT2D eigenvalue weighted by Crippen LogP contribution is 2.22. The highest BCUT2D eigenvalue weighted by molar-refractivity contribution is 5.91. The summed E-state index contributed by atoms with van der Waals surface area (Å²) in [5.74, 6) is -0.627. The lowest BCUT2D eigenvalue weighted by atomic mass is 10.1. The normalized spacial score (nSPS) is 10.9. The molecule has 0 saturated heterocycles. The minimum Gasteiger partial charge on any atom is -0.436 e. The number of carbonyl (C=O) groups excluding carboxylic acids is 1. The molecule has 0 aliphatic rings. The molecule has 1 amide bonds. The van der Waals surface area contributed by atoms with Crippen molar-refractivity contribution in [2.45, 2.75) is 20.4 Å². The van der Waals surface area contributed by atoms with E-state index in [4.69, 9.17) is 4.74 Å². The van der Waals surface area contributed by atoms with E-state index in [0.29, 0.717) is 5.69 Å². The Morgan fingerprint density at radius 2 is 2.03 bits per heavy atom. The number of carbonyl (C=O) groups is 1. The maximum absolute atomic E-state index is 13.4. The first-order chi connectivity index (χ1) is 14.4. The summed E-state index contributed by atoms with van der Waals surface area (Å²) in [6, 6.07) is 11.2. The van der Waals surface area contributed by atoms with Gasteiger partial charge in [0.05, 0.1) is 0 Å². The van der Waals surface area contributed by atoms with E-state index in [1.54, 1.807) is 6.07 Å². The predicted molar refractivity (Wildman–Crippen MR) is 108 cm³/mol. The fourth-order valence-corrected chi connectivity index (χ4v) is 3.02. The number of nitrogens with one attached hydrogen (secondary N) is 1. The van der Waals surface area contributed by atoms with Crippen LogP contribution >= 0.6 is 0 Å². The minimum absolute atomic E-state index is 0.0220. The van der Waals surface area contributed by atoms with Crippen LogP contribution in [0.15, 0.2) is 59.7 Å². The Balaban J connectivity index is 1.60. The molecular formula is C21H18FN5O3. The van der Waals surface area contributed by atoms with Crippen LogP contribution in [0.2, 0.25) is 0 Å². The third-order valence-corrected chi connectivity index (χ3v) is 4.43. The van der Waals surface area contributed by atoms with Gasteiger partial charge >= 0.3 is 5.69 Å². The van der Waals surface area contributed by atoms with E-state index in [2.05, 4.69) is 15.4 Å². The van der Waals surface area contributed by atoms with Crippen LogP contribution in [0.5, 0.6) is 11.6 Å². The summed E-state index contributed by atoms with van der Waals surface area (Å²) in [5.41, 5.74) is 2.26. The molecule has 0 aliphatic carbocycles.